The molecule has 0 bridgehead atoms. The lowest BCUT2D eigenvalue weighted by atomic mass is 9.82. The molecule has 0 radical (unpaired) electrons. The van der Waals surface area contributed by atoms with Crippen LogP contribution in [0.4, 0.5) is 0 Å². The topological polar surface area (TPSA) is 83.5 Å². The maximum atomic E-state index is 12.3. The van der Waals surface area contributed by atoms with Crippen LogP contribution in [0, 0.1) is 11.3 Å². The Kier molecular flexibility index (Phi) is 7.14. The van der Waals surface area contributed by atoms with Crippen molar-refractivity contribution >= 4 is 17.7 Å². The lowest BCUT2D eigenvalue weighted by molar-refractivity contribution is -0.142. The molecule has 0 aliphatic rings. The highest BCUT2D eigenvalue weighted by atomic mass is 16.4. The summed E-state index contributed by atoms with van der Waals surface area (Å²) in [4.78, 5) is 35.7. The Balaban J connectivity index is 2.63. The van der Waals surface area contributed by atoms with Gasteiger partial charge >= 0.3 is 5.97 Å². The molecule has 0 unspecified atom stereocenters. The molecule has 0 heterocycles. The Morgan fingerprint density at radius 1 is 1.08 bits per heavy atom. The number of hydrogen-bond donors (Lipinski definition) is 2. The number of carboxylic acids is 1. The quantitative estimate of drug-likeness (QED) is 0.679. The van der Waals surface area contributed by atoms with Crippen molar-refractivity contribution in [3.63, 3.8) is 0 Å². The fraction of sp³-hybridized carbons (Fsp3) is 0.526. The lowest BCUT2D eigenvalue weighted by Crippen LogP contribution is -2.43. The zero-order valence-corrected chi connectivity index (χ0v) is 14.8. The van der Waals surface area contributed by atoms with E-state index in [1.807, 2.05) is 33.8 Å². The van der Waals surface area contributed by atoms with Gasteiger partial charge in [-0.1, -0.05) is 58.0 Å². The third-order valence-corrected chi connectivity index (χ3v) is 3.71. The molecule has 24 heavy (non-hydrogen) atoms. The second-order valence-electron chi connectivity index (χ2n) is 7.39. The van der Waals surface area contributed by atoms with Gasteiger partial charge in [0.05, 0.1) is 0 Å². The predicted octanol–water partition coefficient (Wildman–Crippen LogP) is 3.29. The number of benzene rings is 1. The summed E-state index contributed by atoms with van der Waals surface area (Å²) in [7, 11) is 0. The van der Waals surface area contributed by atoms with Gasteiger partial charge in [-0.25, -0.2) is 4.79 Å². The van der Waals surface area contributed by atoms with Crippen molar-refractivity contribution < 1.29 is 19.5 Å². The van der Waals surface area contributed by atoms with Gasteiger partial charge in [0.1, 0.15) is 6.04 Å². The molecule has 2 N–H and O–H groups in total. The van der Waals surface area contributed by atoms with E-state index >= 15 is 0 Å². The van der Waals surface area contributed by atoms with E-state index in [0.29, 0.717) is 12.0 Å². The number of amides is 1. The first-order valence-electron chi connectivity index (χ1n) is 8.21. The van der Waals surface area contributed by atoms with E-state index in [0.717, 1.165) is 0 Å². The van der Waals surface area contributed by atoms with Gasteiger partial charge in [-0.2, -0.15) is 0 Å². The molecule has 0 saturated carbocycles. The standard InChI is InChI=1S/C19H27NO4/c1-13(2)10-15(18(23)24)20-17(22)12-19(3,4)11-16(21)14-8-6-5-7-9-14/h5-9,13,15H,10-12H2,1-4H3,(H,20,22)(H,23,24)/t15-/m1/s1. The van der Waals surface area contributed by atoms with E-state index in [1.165, 1.54) is 0 Å². The Hall–Kier alpha value is -2.17. The molecular weight excluding hydrogens is 306 g/mol. The average molecular weight is 333 g/mol. The van der Waals surface area contributed by atoms with Gasteiger partial charge in [0.15, 0.2) is 5.78 Å². The number of aliphatic carboxylic acids is 1. The Morgan fingerprint density at radius 3 is 2.17 bits per heavy atom. The van der Waals surface area contributed by atoms with Crippen molar-refractivity contribution in [1.29, 1.82) is 0 Å². The SMILES string of the molecule is CC(C)C[C@@H](NC(=O)CC(C)(C)CC(=O)c1ccccc1)C(=O)O. The van der Waals surface area contributed by atoms with Gasteiger partial charge in [0.25, 0.3) is 0 Å². The van der Waals surface area contributed by atoms with E-state index in [2.05, 4.69) is 5.32 Å². The van der Waals surface area contributed by atoms with Crippen LogP contribution in [-0.4, -0.2) is 28.8 Å². The van der Waals surface area contributed by atoms with E-state index in [-0.39, 0.29) is 30.4 Å². The molecule has 0 aromatic heterocycles. The largest absolute Gasteiger partial charge is 0.480 e. The third-order valence-electron chi connectivity index (χ3n) is 3.71. The molecule has 1 rings (SSSR count). The van der Waals surface area contributed by atoms with Crippen molar-refractivity contribution in [3.8, 4) is 0 Å². The molecule has 1 amide bonds. The van der Waals surface area contributed by atoms with Crippen molar-refractivity contribution in [3.05, 3.63) is 35.9 Å². The molecule has 1 aromatic carbocycles. The van der Waals surface area contributed by atoms with Gasteiger partial charge in [0, 0.05) is 18.4 Å². The molecule has 0 spiro atoms. The van der Waals surface area contributed by atoms with Crippen LogP contribution in [0.5, 0.6) is 0 Å². The minimum atomic E-state index is -1.03. The summed E-state index contributed by atoms with van der Waals surface area (Å²) in [5, 5.41) is 11.8. The molecule has 0 aliphatic carbocycles. The summed E-state index contributed by atoms with van der Waals surface area (Å²) in [6.45, 7) is 7.49. The van der Waals surface area contributed by atoms with Crippen molar-refractivity contribution in [2.24, 2.45) is 11.3 Å². The van der Waals surface area contributed by atoms with Crippen LogP contribution in [0.3, 0.4) is 0 Å². The van der Waals surface area contributed by atoms with Crippen LogP contribution in [-0.2, 0) is 9.59 Å². The van der Waals surface area contributed by atoms with Gasteiger partial charge in [0.2, 0.25) is 5.91 Å². The van der Waals surface area contributed by atoms with E-state index in [9.17, 15) is 19.5 Å². The number of hydrogen-bond acceptors (Lipinski definition) is 3. The fourth-order valence-electron chi connectivity index (χ4n) is 2.60. The number of Topliss-reactive ketones (excluding diaryl/α,β-unsaturated/α-hetero) is 1. The van der Waals surface area contributed by atoms with Crippen LogP contribution in [0.2, 0.25) is 0 Å². The lowest BCUT2D eigenvalue weighted by Gasteiger charge is -2.25. The number of carbonyl (C=O) groups excluding carboxylic acids is 2. The van der Waals surface area contributed by atoms with Crippen molar-refractivity contribution in [1.82, 2.24) is 5.32 Å². The summed E-state index contributed by atoms with van der Waals surface area (Å²) in [5.41, 5.74) is 0.0759. The minimum Gasteiger partial charge on any atom is -0.480 e. The van der Waals surface area contributed by atoms with Crippen molar-refractivity contribution in [2.75, 3.05) is 0 Å². The molecule has 0 aliphatic heterocycles. The first-order valence-corrected chi connectivity index (χ1v) is 8.21. The monoisotopic (exact) mass is 333 g/mol. The van der Waals surface area contributed by atoms with E-state index in [1.54, 1.807) is 24.3 Å². The molecular formula is C19H27NO4. The smallest absolute Gasteiger partial charge is 0.326 e. The number of ketones is 1. The number of rotatable bonds is 9. The van der Waals surface area contributed by atoms with Crippen molar-refractivity contribution in [2.45, 2.75) is 53.0 Å². The van der Waals surface area contributed by atoms with Crippen LogP contribution in [0.1, 0.15) is 57.3 Å². The maximum absolute atomic E-state index is 12.3. The third kappa shape index (κ3) is 6.94. The normalized spacial score (nSPS) is 12.7. The highest BCUT2D eigenvalue weighted by Crippen LogP contribution is 2.27. The second-order valence-corrected chi connectivity index (χ2v) is 7.39. The first kappa shape index (κ1) is 19.9. The summed E-state index contributed by atoms with van der Waals surface area (Å²) in [5.74, 6) is -1.23. The van der Waals surface area contributed by atoms with Crippen LogP contribution >= 0.6 is 0 Å². The Labute approximate surface area is 143 Å². The molecule has 0 fully saturated rings. The van der Waals surface area contributed by atoms with Crippen LogP contribution in [0.25, 0.3) is 0 Å². The summed E-state index contributed by atoms with van der Waals surface area (Å²) >= 11 is 0. The van der Waals surface area contributed by atoms with Gasteiger partial charge in [-0.05, 0) is 17.8 Å². The highest BCUT2D eigenvalue weighted by Gasteiger charge is 2.28. The highest BCUT2D eigenvalue weighted by molar-refractivity contribution is 5.96. The van der Waals surface area contributed by atoms with Gasteiger partial charge < -0.3 is 10.4 Å². The Morgan fingerprint density at radius 2 is 1.67 bits per heavy atom. The second kappa shape index (κ2) is 8.62. The maximum Gasteiger partial charge on any atom is 0.326 e. The Bertz CT molecular complexity index is 578. The average Bonchev–Trinajstić information content (AvgIpc) is 2.45. The minimum absolute atomic E-state index is 0.0228. The summed E-state index contributed by atoms with van der Waals surface area (Å²) in [6.07, 6.45) is 0.713. The van der Waals surface area contributed by atoms with E-state index < -0.39 is 17.4 Å². The number of carboxylic acid groups (broad SMARTS) is 1. The predicted molar refractivity (Wildman–Crippen MR) is 92.8 cm³/mol. The summed E-state index contributed by atoms with van der Waals surface area (Å²) < 4.78 is 0. The zero-order chi connectivity index (χ0) is 18.3. The molecule has 1 atom stereocenters. The molecule has 5 heteroatoms. The molecule has 132 valence electrons. The van der Waals surface area contributed by atoms with E-state index in [4.69, 9.17) is 0 Å². The van der Waals surface area contributed by atoms with Crippen LogP contribution < -0.4 is 5.32 Å². The van der Waals surface area contributed by atoms with Crippen LogP contribution in [0.15, 0.2) is 30.3 Å². The molecule has 0 saturated heterocycles. The summed E-state index contributed by atoms with van der Waals surface area (Å²) in [6, 6.07) is 8.06. The number of nitrogens with one attached hydrogen (secondary N) is 1. The first-order chi connectivity index (χ1) is 11.1. The number of carbonyl (C=O) groups is 3. The van der Waals surface area contributed by atoms with Gasteiger partial charge in [-0.15, -0.1) is 0 Å². The van der Waals surface area contributed by atoms with Gasteiger partial charge in [-0.3, -0.25) is 9.59 Å². The zero-order valence-electron chi connectivity index (χ0n) is 14.8. The molecule has 5 nitrogen and oxygen atoms in total. The fourth-order valence-corrected chi connectivity index (χ4v) is 2.60. The molecule has 1 aromatic rings.